The zero-order valence-electron chi connectivity index (χ0n) is 20.6. The Bertz CT molecular complexity index is 1610. The second-order valence-corrected chi connectivity index (χ2v) is 10.5. The van der Waals surface area contributed by atoms with Crippen LogP contribution in [0.15, 0.2) is 89.8 Å². The average Bonchev–Trinajstić information content (AvgIpc) is 2.86. The fraction of sp³-hybridized carbons (Fsp3) is 0.143. The van der Waals surface area contributed by atoms with Gasteiger partial charge in [0, 0.05) is 25.2 Å². The molecule has 0 unspecified atom stereocenters. The highest BCUT2D eigenvalue weighted by Gasteiger charge is 2.28. The van der Waals surface area contributed by atoms with Crippen LogP contribution in [0, 0.1) is 18.6 Å². The lowest BCUT2D eigenvalue weighted by Gasteiger charge is -2.25. The van der Waals surface area contributed by atoms with Crippen molar-refractivity contribution in [1.82, 2.24) is 10.0 Å². The fourth-order valence-electron chi connectivity index (χ4n) is 4.13. The van der Waals surface area contributed by atoms with E-state index in [1.54, 1.807) is 31.2 Å². The number of hydrogen-bond acceptors (Lipinski definition) is 4. The van der Waals surface area contributed by atoms with E-state index in [0.29, 0.717) is 17.3 Å². The molecule has 4 aromatic rings. The van der Waals surface area contributed by atoms with Crippen LogP contribution in [0.2, 0.25) is 0 Å². The smallest absolute Gasteiger partial charge is 0.325 e. The van der Waals surface area contributed by atoms with Crippen molar-refractivity contribution in [3.05, 3.63) is 108 Å². The topological polar surface area (TPSA) is 95.6 Å². The number of rotatable bonds is 7. The van der Waals surface area contributed by atoms with Crippen LogP contribution >= 0.6 is 0 Å². The first-order chi connectivity index (χ1) is 18.0. The van der Waals surface area contributed by atoms with Gasteiger partial charge >= 0.3 is 6.03 Å². The number of sulfonamides is 1. The Morgan fingerprint density at radius 3 is 2.18 bits per heavy atom. The third kappa shape index (κ3) is 6.15. The largest absolute Gasteiger partial charge is 0.329 e. The molecule has 0 radical (unpaired) electrons. The normalized spacial score (nSPS) is 12.1. The lowest BCUT2D eigenvalue weighted by molar-refractivity contribution is -0.120. The van der Waals surface area contributed by atoms with Gasteiger partial charge in [0.25, 0.3) is 10.0 Å². The standard InChI is InChI=1S/C28H25F2N3O4S/c1-18-7-3-6-10-26(18)38(36,37)32-28(35)31-25(15-19-13-22(29)17-23(30)14-19)27(34)33(2)24-12-11-20-8-4-5-9-21(20)16-24/h3-14,16-17,25H,15H2,1-2H3,(H2,31,32,35)/t25-/m0/s1. The summed E-state index contributed by atoms with van der Waals surface area (Å²) in [5, 5.41) is 4.21. The summed E-state index contributed by atoms with van der Waals surface area (Å²) in [6, 6.07) is 19.3. The van der Waals surface area contributed by atoms with Crippen molar-refractivity contribution in [2.45, 2.75) is 24.3 Å². The van der Waals surface area contributed by atoms with Crippen LogP contribution in [0.4, 0.5) is 19.3 Å². The third-order valence-electron chi connectivity index (χ3n) is 6.03. The van der Waals surface area contributed by atoms with E-state index in [1.807, 2.05) is 35.1 Å². The molecule has 0 saturated heterocycles. The van der Waals surface area contributed by atoms with Gasteiger partial charge < -0.3 is 10.2 Å². The number of carbonyl (C=O) groups is 2. The van der Waals surface area contributed by atoms with Gasteiger partial charge in [-0.1, -0.05) is 48.5 Å². The number of fused-ring (bicyclic) bond motifs is 1. The highest BCUT2D eigenvalue weighted by Crippen LogP contribution is 2.22. The van der Waals surface area contributed by atoms with E-state index in [1.165, 1.54) is 24.1 Å². The molecule has 7 nitrogen and oxygen atoms in total. The number of anilines is 1. The summed E-state index contributed by atoms with van der Waals surface area (Å²) in [6.45, 7) is 1.58. The quantitative estimate of drug-likeness (QED) is 0.358. The molecule has 0 aliphatic heterocycles. The summed E-state index contributed by atoms with van der Waals surface area (Å²) in [4.78, 5) is 27.5. The molecule has 2 N–H and O–H groups in total. The Hall–Kier alpha value is -4.31. The number of likely N-dealkylation sites (N-methyl/N-ethyl adjacent to an activating group) is 1. The van der Waals surface area contributed by atoms with Crippen LogP contribution in [0.3, 0.4) is 0 Å². The number of hydrogen-bond donors (Lipinski definition) is 2. The molecule has 38 heavy (non-hydrogen) atoms. The number of halogens is 2. The zero-order valence-corrected chi connectivity index (χ0v) is 21.4. The molecule has 4 aromatic carbocycles. The van der Waals surface area contributed by atoms with Crippen LogP contribution in [0.25, 0.3) is 10.8 Å². The number of urea groups is 1. The molecule has 0 heterocycles. The summed E-state index contributed by atoms with van der Waals surface area (Å²) in [5.74, 6) is -2.31. The number of nitrogens with one attached hydrogen (secondary N) is 2. The lowest BCUT2D eigenvalue weighted by atomic mass is 10.0. The van der Waals surface area contributed by atoms with Crippen LogP contribution in [0.5, 0.6) is 0 Å². The molecule has 0 fully saturated rings. The van der Waals surface area contributed by atoms with E-state index in [-0.39, 0.29) is 16.9 Å². The van der Waals surface area contributed by atoms with Crippen LogP contribution < -0.4 is 14.9 Å². The summed E-state index contributed by atoms with van der Waals surface area (Å²) in [7, 11) is -2.76. The van der Waals surface area contributed by atoms with Crippen molar-refractivity contribution >= 4 is 38.4 Å². The van der Waals surface area contributed by atoms with Gasteiger partial charge in [0.1, 0.15) is 17.7 Å². The third-order valence-corrected chi connectivity index (χ3v) is 7.52. The van der Waals surface area contributed by atoms with E-state index >= 15 is 0 Å². The van der Waals surface area contributed by atoms with Gasteiger partial charge in [-0.25, -0.2) is 26.7 Å². The Labute approximate surface area is 219 Å². The molecule has 0 spiro atoms. The fourth-order valence-corrected chi connectivity index (χ4v) is 5.30. The highest BCUT2D eigenvalue weighted by atomic mass is 32.2. The molecule has 0 aliphatic rings. The molecule has 1 atom stereocenters. The van der Waals surface area contributed by atoms with E-state index in [0.717, 1.165) is 22.9 Å². The Morgan fingerprint density at radius 2 is 1.50 bits per heavy atom. The molecule has 10 heteroatoms. The molecule has 0 bridgehead atoms. The van der Waals surface area contributed by atoms with Crippen LogP contribution in [-0.4, -0.2) is 33.4 Å². The molecule has 0 aromatic heterocycles. The lowest BCUT2D eigenvalue weighted by Crippen LogP contribution is -2.52. The predicted molar refractivity (Wildman–Crippen MR) is 141 cm³/mol. The number of amides is 3. The van der Waals surface area contributed by atoms with Crippen molar-refractivity contribution in [3.8, 4) is 0 Å². The van der Waals surface area contributed by atoms with Gasteiger partial charge in [-0.15, -0.1) is 0 Å². The van der Waals surface area contributed by atoms with Gasteiger partial charge in [-0.2, -0.15) is 0 Å². The van der Waals surface area contributed by atoms with Crippen molar-refractivity contribution in [3.63, 3.8) is 0 Å². The monoisotopic (exact) mass is 537 g/mol. The maximum Gasteiger partial charge on any atom is 0.329 e. The molecule has 196 valence electrons. The van der Waals surface area contributed by atoms with Crippen molar-refractivity contribution < 1.29 is 26.8 Å². The van der Waals surface area contributed by atoms with Gasteiger partial charge in [-0.3, -0.25) is 4.79 Å². The summed E-state index contributed by atoms with van der Waals surface area (Å²) in [5.41, 5.74) is 1.04. The van der Waals surface area contributed by atoms with Gasteiger partial charge in [-0.05, 0) is 59.2 Å². The molecule has 0 aliphatic carbocycles. The second kappa shape index (κ2) is 11.0. The molecular weight excluding hydrogens is 512 g/mol. The number of aryl methyl sites for hydroxylation is 1. The first-order valence-corrected chi connectivity index (χ1v) is 13.1. The minimum atomic E-state index is -4.25. The van der Waals surface area contributed by atoms with Gasteiger partial charge in [0.05, 0.1) is 4.90 Å². The number of benzene rings is 4. The Balaban J connectivity index is 1.61. The summed E-state index contributed by atoms with van der Waals surface area (Å²) < 4.78 is 55.2. The van der Waals surface area contributed by atoms with Crippen LogP contribution in [0.1, 0.15) is 11.1 Å². The first kappa shape index (κ1) is 26.7. The zero-order chi connectivity index (χ0) is 27.4. The maximum atomic E-state index is 13.8. The van der Waals surface area contributed by atoms with Gasteiger partial charge in [0.2, 0.25) is 5.91 Å². The number of nitrogens with zero attached hydrogens (tertiary/aromatic N) is 1. The molecular formula is C28H25F2N3O4S. The van der Waals surface area contributed by atoms with E-state index < -0.39 is 39.6 Å². The number of carbonyl (C=O) groups excluding carboxylic acids is 2. The van der Waals surface area contributed by atoms with E-state index in [2.05, 4.69) is 5.32 Å². The molecule has 4 rings (SSSR count). The van der Waals surface area contributed by atoms with E-state index in [4.69, 9.17) is 0 Å². The second-order valence-electron chi connectivity index (χ2n) is 8.81. The van der Waals surface area contributed by atoms with Crippen molar-refractivity contribution in [2.75, 3.05) is 11.9 Å². The first-order valence-electron chi connectivity index (χ1n) is 11.6. The molecule has 0 saturated carbocycles. The maximum absolute atomic E-state index is 13.8. The Kier molecular flexibility index (Phi) is 7.72. The average molecular weight is 538 g/mol. The summed E-state index contributed by atoms with van der Waals surface area (Å²) >= 11 is 0. The minimum absolute atomic E-state index is 0.0986. The minimum Gasteiger partial charge on any atom is -0.325 e. The SMILES string of the molecule is Cc1ccccc1S(=O)(=O)NC(=O)N[C@@H](Cc1cc(F)cc(F)c1)C(=O)N(C)c1ccc2ccccc2c1. The Morgan fingerprint density at radius 1 is 0.868 bits per heavy atom. The molecule has 3 amide bonds. The van der Waals surface area contributed by atoms with Gasteiger partial charge in [0.15, 0.2) is 0 Å². The highest BCUT2D eigenvalue weighted by molar-refractivity contribution is 7.90. The van der Waals surface area contributed by atoms with Crippen LogP contribution in [-0.2, 0) is 21.2 Å². The predicted octanol–water partition coefficient (Wildman–Crippen LogP) is 4.69. The van der Waals surface area contributed by atoms with Crippen molar-refractivity contribution in [2.24, 2.45) is 0 Å². The van der Waals surface area contributed by atoms with Crippen molar-refractivity contribution in [1.29, 1.82) is 0 Å². The van der Waals surface area contributed by atoms with E-state index in [9.17, 15) is 26.8 Å². The summed E-state index contributed by atoms with van der Waals surface area (Å²) in [6.07, 6.45) is -0.288.